The maximum Gasteiger partial charge on any atom is 0.408 e. The van der Waals surface area contributed by atoms with E-state index in [0.29, 0.717) is 6.42 Å². The van der Waals surface area contributed by atoms with Crippen molar-refractivity contribution < 1.29 is 24.2 Å². The van der Waals surface area contributed by atoms with E-state index in [1.165, 1.54) is 13.5 Å². The van der Waals surface area contributed by atoms with E-state index in [9.17, 15) is 14.4 Å². The quantitative estimate of drug-likeness (QED) is 0.771. The largest absolute Gasteiger partial charge is 0.480 e. The summed E-state index contributed by atoms with van der Waals surface area (Å²) in [6.07, 6.45) is 1.22. The van der Waals surface area contributed by atoms with Crippen LogP contribution < -0.4 is 5.32 Å². The van der Waals surface area contributed by atoms with E-state index in [2.05, 4.69) is 19.2 Å². The summed E-state index contributed by atoms with van der Waals surface area (Å²) in [4.78, 5) is 35.9. The Kier molecular flexibility index (Phi) is 11.9. The zero-order valence-corrected chi connectivity index (χ0v) is 16.3. The molecule has 7 nitrogen and oxygen atoms in total. The average Bonchev–Trinajstić information content (AvgIpc) is 2.41. The van der Waals surface area contributed by atoms with Crippen LogP contribution in [0.5, 0.6) is 0 Å². The number of nitrogens with one attached hydrogen (secondary N) is 1. The van der Waals surface area contributed by atoms with Crippen LogP contribution in [-0.2, 0) is 14.3 Å². The number of hydrogen-bond donors (Lipinski definition) is 2. The van der Waals surface area contributed by atoms with Crippen LogP contribution in [0.4, 0.5) is 4.79 Å². The molecule has 0 saturated carbocycles. The van der Waals surface area contributed by atoms with Crippen LogP contribution in [-0.4, -0.2) is 53.2 Å². The number of ether oxygens (including phenoxy) is 1. The molecule has 0 heterocycles. The van der Waals surface area contributed by atoms with Gasteiger partial charge < -0.3 is 20.1 Å². The van der Waals surface area contributed by atoms with Crippen LogP contribution in [0.1, 0.15) is 61.3 Å². The van der Waals surface area contributed by atoms with E-state index in [1.54, 1.807) is 20.8 Å². The minimum Gasteiger partial charge on any atom is -0.480 e. The van der Waals surface area contributed by atoms with E-state index in [-0.39, 0.29) is 5.92 Å². The van der Waals surface area contributed by atoms with Crippen molar-refractivity contribution >= 4 is 18.0 Å². The zero-order valence-electron chi connectivity index (χ0n) is 16.3. The molecule has 0 aliphatic carbocycles. The summed E-state index contributed by atoms with van der Waals surface area (Å²) < 4.78 is 5.14. The first-order valence-electron chi connectivity index (χ1n) is 8.35. The van der Waals surface area contributed by atoms with Gasteiger partial charge in [0.2, 0.25) is 5.91 Å². The first-order valence-corrected chi connectivity index (χ1v) is 8.35. The van der Waals surface area contributed by atoms with Crippen LogP contribution >= 0.6 is 0 Å². The van der Waals surface area contributed by atoms with Crippen molar-refractivity contribution in [2.24, 2.45) is 5.92 Å². The van der Waals surface area contributed by atoms with Gasteiger partial charge in [-0.3, -0.25) is 9.59 Å². The Morgan fingerprint density at radius 2 is 1.62 bits per heavy atom. The molecule has 0 saturated heterocycles. The third-order valence-corrected chi connectivity index (χ3v) is 2.90. The molecule has 0 aromatic carbocycles. The normalized spacial score (nSPS) is 13.0. The van der Waals surface area contributed by atoms with Crippen LogP contribution in [0.2, 0.25) is 0 Å². The van der Waals surface area contributed by atoms with Crippen molar-refractivity contribution in [1.82, 2.24) is 10.2 Å². The highest BCUT2D eigenvalue weighted by atomic mass is 16.6. The Morgan fingerprint density at radius 3 is 1.96 bits per heavy atom. The minimum atomic E-state index is -1.11. The maximum absolute atomic E-state index is 12.3. The lowest BCUT2D eigenvalue weighted by molar-refractivity contribution is -0.144. The molecule has 2 atom stereocenters. The van der Waals surface area contributed by atoms with Crippen LogP contribution in [0.25, 0.3) is 0 Å². The summed E-state index contributed by atoms with van der Waals surface area (Å²) in [5, 5.41) is 11.3. The third-order valence-electron chi connectivity index (χ3n) is 2.90. The van der Waals surface area contributed by atoms with Gasteiger partial charge in [0.15, 0.2) is 0 Å². The minimum absolute atomic E-state index is 0.138. The van der Waals surface area contributed by atoms with Crippen molar-refractivity contribution in [3.05, 3.63) is 0 Å². The standard InChI is InChI=1S/C14H26N2O5.C3H8/c1-7-9(2)11(12(19)16(6)8-10(17)18)15-13(20)21-14(3,4)5;1-3-2/h9,11H,7-8H2,1-6H3,(H,15,20)(H,17,18);3H2,1-2H3. The maximum atomic E-state index is 12.3. The monoisotopic (exact) mass is 346 g/mol. The second kappa shape index (κ2) is 11.7. The summed E-state index contributed by atoms with van der Waals surface area (Å²) in [7, 11) is 1.39. The topological polar surface area (TPSA) is 95.9 Å². The predicted octanol–water partition coefficient (Wildman–Crippen LogP) is 2.89. The van der Waals surface area contributed by atoms with Crippen molar-refractivity contribution in [3.63, 3.8) is 0 Å². The van der Waals surface area contributed by atoms with Crippen LogP contribution in [0, 0.1) is 5.92 Å². The number of amides is 2. The molecule has 0 spiro atoms. The molecule has 24 heavy (non-hydrogen) atoms. The highest BCUT2D eigenvalue weighted by Crippen LogP contribution is 2.12. The van der Waals surface area contributed by atoms with Gasteiger partial charge in [0.1, 0.15) is 18.2 Å². The molecule has 0 aromatic rings. The van der Waals surface area contributed by atoms with Gasteiger partial charge in [0, 0.05) is 7.05 Å². The summed E-state index contributed by atoms with van der Waals surface area (Å²) in [5.41, 5.74) is -0.667. The van der Waals surface area contributed by atoms with Gasteiger partial charge in [-0.15, -0.1) is 0 Å². The number of nitrogens with zero attached hydrogens (tertiary/aromatic N) is 1. The molecular weight excluding hydrogens is 312 g/mol. The number of carbonyl (C=O) groups is 3. The fraction of sp³-hybridized carbons (Fsp3) is 0.824. The first-order chi connectivity index (χ1) is 10.9. The number of aliphatic carboxylic acids is 1. The third kappa shape index (κ3) is 11.7. The fourth-order valence-corrected chi connectivity index (χ4v) is 1.64. The number of carboxylic acid groups (broad SMARTS) is 1. The molecule has 2 amide bonds. The number of carbonyl (C=O) groups excluding carboxylic acids is 2. The molecule has 142 valence electrons. The lowest BCUT2D eigenvalue weighted by Gasteiger charge is -2.28. The molecule has 0 fully saturated rings. The lowest BCUT2D eigenvalue weighted by atomic mass is 9.98. The average molecular weight is 346 g/mol. The van der Waals surface area contributed by atoms with E-state index in [4.69, 9.17) is 9.84 Å². The van der Waals surface area contributed by atoms with E-state index in [0.717, 1.165) is 4.90 Å². The Morgan fingerprint density at radius 1 is 1.17 bits per heavy atom. The number of rotatable bonds is 6. The Labute approximate surface area is 145 Å². The van der Waals surface area contributed by atoms with E-state index in [1.807, 2.05) is 13.8 Å². The summed E-state index contributed by atoms with van der Waals surface area (Å²) >= 11 is 0. The van der Waals surface area contributed by atoms with Crippen molar-refractivity contribution in [3.8, 4) is 0 Å². The number of alkyl carbamates (subject to hydrolysis) is 1. The molecule has 0 aliphatic rings. The smallest absolute Gasteiger partial charge is 0.408 e. The fourth-order valence-electron chi connectivity index (χ4n) is 1.64. The highest BCUT2D eigenvalue weighted by molar-refractivity contribution is 5.88. The first kappa shape index (κ1) is 24.5. The van der Waals surface area contributed by atoms with Gasteiger partial charge in [0.05, 0.1) is 0 Å². The molecule has 0 bridgehead atoms. The van der Waals surface area contributed by atoms with E-state index < -0.39 is 36.2 Å². The molecule has 0 rings (SSSR count). The van der Waals surface area contributed by atoms with Gasteiger partial charge in [-0.2, -0.15) is 0 Å². The van der Waals surface area contributed by atoms with Crippen molar-refractivity contribution in [2.45, 2.75) is 73.0 Å². The molecule has 0 aromatic heterocycles. The molecule has 2 unspecified atom stereocenters. The summed E-state index contributed by atoms with van der Waals surface area (Å²) in [6, 6.07) is -0.811. The number of hydrogen-bond acceptors (Lipinski definition) is 4. The molecule has 0 radical (unpaired) electrons. The molecule has 2 N–H and O–H groups in total. The highest BCUT2D eigenvalue weighted by Gasteiger charge is 2.30. The Balaban J connectivity index is 0. The van der Waals surface area contributed by atoms with Crippen LogP contribution in [0.3, 0.4) is 0 Å². The van der Waals surface area contributed by atoms with Gasteiger partial charge in [-0.1, -0.05) is 40.5 Å². The van der Waals surface area contributed by atoms with E-state index >= 15 is 0 Å². The van der Waals surface area contributed by atoms with Gasteiger partial charge in [-0.05, 0) is 26.7 Å². The number of likely N-dealkylation sites (N-methyl/N-ethyl adjacent to an activating group) is 1. The SMILES string of the molecule is CCC.CCC(C)C(NC(=O)OC(C)(C)C)C(=O)N(C)CC(=O)O. The van der Waals surface area contributed by atoms with Gasteiger partial charge >= 0.3 is 12.1 Å². The van der Waals surface area contributed by atoms with Crippen LogP contribution in [0.15, 0.2) is 0 Å². The van der Waals surface area contributed by atoms with Crippen molar-refractivity contribution in [2.75, 3.05) is 13.6 Å². The molecule has 7 heteroatoms. The second-order valence-electron chi connectivity index (χ2n) is 6.80. The predicted molar refractivity (Wildman–Crippen MR) is 93.9 cm³/mol. The Bertz CT molecular complexity index is 404. The second-order valence-corrected chi connectivity index (χ2v) is 6.80. The van der Waals surface area contributed by atoms with Gasteiger partial charge in [0.25, 0.3) is 0 Å². The van der Waals surface area contributed by atoms with Gasteiger partial charge in [-0.25, -0.2) is 4.79 Å². The lowest BCUT2D eigenvalue weighted by Crippen LogP contribution is -2.52. The van der Waals surface area contributed by atoms with Crippen molar-refractivity contribution in [1.29, 1.82) is 0 Å². The zero-order chi connectivity index (χ0) is 19.5. The molecular formula is C17H34N2O5. The number of carboxylic acids is 1. The Hall–Kier alpha value is -1.79. The molecule has 0 aliphatic heterocycles. The summed E-state index contributed by atoms with van der Waals surface area (Å²) in [6.45, 7) is 12.7. The summed E-state index contributed by atoms with van der Waals surface area (Å²) in [5.74, 6) is -1.69.